The summed E-state index contributed by atoms with van der Waals surface area (Å²) in [5.74, 6) is 0.558. The second kappa shape index (κ2) is 9.11. The largest absolute Gasteiger partial charge is 0.377 e. The second-order valence-electron chi connectivity index (χ2n) is 5.81. The number of hydrogen-bond donors (Lipinski definition) is 1. The molecule has 1 aromatic carbocycles. The number of ether oxygens (including phenoxy) is 1. The van der Waals surface area contributed by atoms with E-state index in [2.05, 4.69) is 63.3 Å². The fourth-order valence-electron chi connectivity index (χ4n) is 1.99. The summed E-state index contributed by atoms with van der Waals surface area (Å²) in [6, 6.07) is 11.1. The molecule has 1 aromatic rings. The lowest BCUT2D eigenvalue weighted by Crippen LogP contribution is -2.36. The quantitative estimate of drug-likeness (QED) is 0.687. The average Bonchev–Trinajstić information content (AvgIpc) is 2.38. The first kappa shape index (κ1) is 16.2. The van der Waals surface area contributed by atoms with Crippen LogP contribution in [0.5, 0.6) is 0 Å². The molecule has 0 heterocycles. The predicted octanol–water partition coefficient (Wildman–Crippen LogP) is 3.66. The van der Waals surface area contributed by atoms with Crippen molar-refractivity contribution in [2.45, 2.75) is 52.7 Å². The molecule has 0 spiro atoms. The normalized spacial score (nSPS) is 13.2. The summed E-state index contributed by atoms with van der Waals surface area (Å²) < 4.78 is 6.01. The molecule has 0 fully saturated rings. The highest BCUT2D eigenvalue weighted by atomic mass is 16.5. The van der Waals surface area contributed by atoms with E-state index in [1.807, 2.05) is 0 Å². The third-order valence-electron chi connectivity index (χ3n) is 3.26. The average molecular weight is 263 g/mol. The zero-order valence-corrected chi connectivity index (χ0v) is 12.9. The first-order valence-electron chi connectivity index (χ1n) is 7.48. The Labute approximate surface area is 118 Å². The molecular weight excluding hydrogens is 234 g/mol. The van der Waals surface area contributed by atoms with Crippen molar-refractivity contribution in [1.29, 1.82) is 0 Å². The van der Waals surface area contributed by atoms with E-state index in [1.54, 1.807) is 0 Å². The van der Waals surface area contributed by atoms with Crippen LogP contribution in [0.1, 0.15) is 39.7 Å². The van der Waals surface area contributed by atoms with Crippen molar-refractivity contribution in [3.05, 3.63) is 35.9 Å². The molecule has 0 aromatic heterocycles. The Morgan fingerprint density at radius 1 is 1.05 bits per heavy atom. The molecule has 0 radical (unpaired) electrons. The number of hydrogen-bond acceptors (Lipinski definition) is 2. The second-order valence-corrected chi connectivity index (χ2v) is 5.81. The van der Waals surface area contributed by atoms with Gasteiger partial charge in [-0.3, -0.25) is 0 Å². The van der Waals surface area contributed by atoms with E-state index in [4.69, 9.17) is 4.74 Å². The molecule has 1 N–H and O–H groups in total. The summed E-state index contributed by atoms with van der Waals surface area (Å²) in [6.07, 6.45) is 2.51. The summed E-state index contributed by atoms with van der Waals surface area (Å²) in [6.45, 7) is 10.6. The van der Waals surface area contributed by atoms with Gasteiger partial charge < -0.3 is 10.1 Å². The van der Waals surface area contributed by atoms with Crippen molar-refractivity contribution in [2.24, 2.45) is 5.92 Å². The first-order chi connectivity index (χ1) is 9.09. The van der Waals surface area contributed by atoms with Crippen LogP contribution in [0.3, 0.4) is 0 Å². The van der Waals surface area contributed by atoms with Crippen LogP contribution in [0.4, 0.5) is 0 Å². The van der Waals surface area contributed by atoms with E-state index in [1.165, 1.54) is 5.56 Å². The van der Waals surface area contributed by atoms with Gasteiger partial charge in [-0.15, -0.1) is 0 Å². The van der Waals surface area contributed by atoms with E-state index >= 15 is 0 Å². The van der Waals surface area contributed by atoms with Crippen LogP contribution in [-0.4, -0.2) is 25.3 Å². The topological polar surface area (TPSA) is 21.3 Å². The molecule has 2 heteroatoms. The lowest BCUT2D eigenvalue weighted by atomic mass is 10.1. The summed E-state index contributed by atoms with van der Waals surface area (Å²) >= 11 is 0. The van der Waals surface area contributed by atoms with Crippen LogP contribution in [0, 0.1) is 5.92 Å². The fraction of sp³-hybridized carbons (Fsp3) is 0.647. The summed E-state index contributed by atoms with van der Waals surface area (Å²) in [5, 5.41) is 3.46. The predicted molar refractivity (Wildman–Crippen MR) is 82.5 cm³/mol. The minimum Gasteiger partial charge on any atom is -0.377 e. The molecule has 108 valence electrons. The molecule has 2 nitrogen and oxygen atoms in total. The standard InChI is InChI=1S/C17H29NO/c1-14(2)17(13-18-15(3)4)19-12-8-11-16-9-6-5-7-10-16/h5-7,9-10,14-15,17-18H,8,11-13H2,1-4H3. The van der Waals surface area contributed by atoms with Crippen molar-refractivity contribution >= 4 is 0 Å². The van der Waals surface area contributed by atoms with Crippen LogP contribution in [0.25, 0.3) is 0 Å². The minimum atomic E-state index is 0.318. The molecule has 1 unspecified atom stereocenters. The SMILES string of the molecule is CC(C)NCC(OCCCc1ccccc1)C(C)C. The van der Waals surface area contributed by atoms with Crippen molar-refractivity contribution in [3.8, 4) is 0 Å². The van der Waals surface area contributed by atoms with Crippen LogP contribution >= 0.6 is 0 Å². The smallest absolute Gasteiger partial charge is 0.0722 e. The van der Waals surface area contributed by atoms with E-state index < -0.39 is 0 Å². The van der Waals surface area contributed by atoms with Gasteiger partial charge in [0.15, 0.2) is 0 Å². The van der Waals surface area contributed by atoms with Crippen LogP contribution in [-0.2, 0) is 11.2 Å². The first-order valence-corrected chi connectivity index (χ1v) is 7.48. The van der Waals surface area contributed by atoms with Gasteiger partial charge in [0, 0.05) is 19.2 Å². The van der Waals surface area contributed by atoms with Crippen LogP contribution < -0.4 is 5.32 Å². The maximum atomic E-state index is 6.01. The fourth-order valence-corrected chi connectivity index (χ4v) is 1.99. The highest BCUT2D eigenvalue weighted by Crippen LogP contribution is 2.08. The summed E-state index contributed by atoms with van der Waals surface area (Å²) in [7, 11) is 0. The van der Waals surface area contributed by atoms with Crippen molar-refractivity contribution in [3.63, 3.8) is 0 Å². The highest BCUT2D eigenvalue weighted by molar-refractivity contribution is 5.14. The Kier molecular flexibility index (Phi) is 7.76. The Bertz CT molecular complexity index is 321. The van der Waals surface area contributed by atoms with Gasteiger partial charge in [-0.1, -0.05) is 58.0 Å². The lowest BCUT2D eigenvalue weighted by molar-refractivity contribution is 0.0206. The number of nitrogens with one attached hydrogen (secondary N) is 1. The molecular formula is C17H29NO. The van der Waals surface area contributed by atoms with Crippen molar-refractivity contribution < 1.29 is 4.74 Å². The van der Waals surface area contributed by atoms with Gasteiger partial charge >= 0.3 is 0 Å². The summed E-state index contributed by atoms with van der Waals surface area (Å²) in [5.41, 5.74) is 1.40. The molecule has 1 rings (SSSR count). The molecule has 0 bridgehead atoms. The number of benzene rings is 1. The van der Waals surface area contributed by atoms with Gasteiger partial charge in [0.2, 0.25) is 0 Å². The van der Waals surface area contributed by atoms with Crippen molar-refractivity contribution in [2.75, 3.05) is 13.2 Å². The van der Waals surface area contributed by atoms with E-state index in [-0.39, 0.29) is 0 Å². The molecule has 0 saturated carbocycles. The molecule has 0 saturated heterocycles. The number of rotatable bonds is 9. The van der Waals surface area contributed by atoms with Crippen LogP contribution in [0.2, 0.25) is 0 Å². The van der Waals surface area contributed by atoms with Gasteiger partial charge in [-0.05, 0) is 24.3 Å². The van der Waals surface area contributed by atoms with Crippen molar-refractivity contribution in [1.82, 2.24) is 5.32 Å². The molecule has 19 heavy (non-hydrogen) atoms. The van der Waals surface area contributed by atoms with Crippen LogP contribution in [0.15, 0.2) is 30.3 Å². The molecule has 0 aliphatic rings. The van der Waals surface area contributed by atoms with Gasteiger partial charge in [0.25, 0.3) is 0 Å². The zero-order valence-electron chi connectivity index (χ0n) is 12.9. The molecule has 0 amide bonds. The van der Waals surface area contributed by atoms with Gasteiger partial charge in [0.1, 0.15) is 0 Å². The van der Waals surface area contributed by atoms with Gasteiger partial charge in [-0.2, -0.15) is 0 Å². The number of aryl methyl sites for hydroxylation is 1. The molecule has 1 atom stereocenters. The molecule has 0 aliphatic carbocycles. The lowest BCUT2D eigenvalue weighted by Gasteiger charge is -2.23. The Hall–Kier alpha value is -0.860. The maximum absolute atomic E-state index is 6.01. The van der Waals surface area contributed by atoms with Gasteiger partial charge in [0.05, 0.1) is 6.10 Å². The van der Waals surface area contributed by atoms with E-state index in [0.717, 1.165) is 26.0 Å². The Morgan fingerprint density at radius 2 is 1.74 bits per heavy atom. The highest BCUT2D eigenvalue weighted by Gasteiger charge is 2.13. The third kappa shape index (κ3) is 7.34. The van der Waals surface area contributed by atoms with E-state index in [0.29, 0.717) is 18.1 Å². The monoisotopic (exact) mass is 263 g/mol. The summed E-state index contributed by atoms with van der Waals surface area (Å²) in [4.78, 5) is 0. The minimum absolute atomic E-state index is 0.318. The zero-order chi connectivity index (χ0) is 14.1. The Morgan fingerprint density at radius 3 is 2.32 bits per heavy atom. The van der Waals surface area contributed by atoms with E-state index in [9.17, 15) is 0 Å². The Balaban J connectivity index is 2.21. The van der Waals surface area contributed by atoms with Gasteiger partial charge in [-0.25, -0.2) is 0 Å². The maximum Gasteiger partial charge on any atom is 0.0722 e. The third-order valence-corrected chi connectivity index (χ3v) is 3.26. The molecule has 0 aliphatic heterocycles.